The van der Waals surface area contributed by atoms with Gasteiger partial charge in [-0.25, -0.2) is 0 Å². The molecule has 2 N–H and O–H groups in total. The molecule has 3 nitrogen and oxygen atoms in total. The van der Waals surface area contributed by atoms with Crippen LogP contribution in [0.5, 0.6) is 5.75 Å². The third-order valence-corrected chi connectivity index (χ3v) is 1.43. The molecular formula is C9H12BFO3. The fourth-order valence-corrected chi connectivity index (χ4v) is 0.863. The topological polar surface area (TPSA) is 69.2 Å². The Balaban J connectivity index is 0. The fourth-order valence-electron chi connectivity index (χ4n) is 0.863. The molecule has 14 heavy (non-hydrogen) atoms. The Morgan fingerprint density at radius 3 is 2.50 bits per heavy atom. The summed E-state index contributed by atoms with van der Waals surface area (Å²) in [5.74, 6) is 0.217. The molecule has 0 aliphatic carbocycles. The van der Waals surface area contributed by atoms with Gasteiger partial charge in [-0.2, -0.15) is 0 Å². The van der Waals surface area contributed by atoms with Gasteiger partial charge in [-0.1, -0.05) is 0 Å². The van der Waals surface area contributed by atoms with Crippen LogP contribution in [0.1, 0.15) is 13.3 Å². The second-order valence-electron chi connectivity index (χ2n) is 2.53. The summed E-state index contributed by atoms with van der Waals surface area (Å²) in [5, 5.41) is 0. The molecule has 0 aliphatic heterocycles. The van der Waals surface area contributed by atoms with Crippen LogP contribution in [0.2, 0.25) is 0 Å². The molecule has 0 spiro atoms. The maximum Gasteiger partial charge on any atom is -0.870 e. The van der Waals surface area contributed by atoms with Crippen molar-refractivity contribution in [3.8, 4) is 5.75 Å². The molecule has 1 aromatic carbocycles. The molecule has 5 heteroatoms. The van der Waals surface area contributed by atoms with Crippen molar-refractivity contribution in [2.75, 3.05) is 6.61 Å². The van der Waals surface area contributed by atoms with E-state index < -0.39 is 0 Å². The van der Waals surface area contributed by atoms with Crippen molar-refractivity contribution in [1.29, 1.82) is 0 Å². The van der Waals surface area contributed by atoms with Crippen LogP contribution < -0.4 is 10.2 Å². The molecule has 1 aromatic rings. The van der Waals surface area contributed by atoms with E-state index in [1.807, 2.05) is 6.92 Å². The number of hydrogen-bond donors (Lipinski definition) is 0. The number of rotatable bonds is 3. The summed E-state index contributed by atoms with van der Waals surface area (Å²) in [4.78, 5) is 0. The number of hydrogen-bond acceptors (Lipinski definition) is 3. The maximum atomic E-state index is 12.5. The molecule has 0 aliphatic rings. The molecule has 0 amide bonds. The van der Waals surface area contributed by atoms with Crippen LogP contribution in [0.4, 0.5) is 4.39 Å². The van der Waals surface area contributed by atoms with Crippen molar-refractivity contribution < 1.29 is 20.1 Å². The predicted molar refractivity (Wildman–Crippen MR) is 51.4 cm³/mol. The largest absolute Gasteiger partial charge is 0.870 e. The van der Waals surface area contributed by atoms with Gasteiger partial charge in [0.2, 0.25) is 0 Å². The van der Waals surface area contributed by atoms with Crippen molar-refractivity contribution in [3.05, 3.63) is 24.0 Å². The van der Waals surface area contributed by atoms with Crippen LogP contribution >= 0.6 is 0 Å². The first-order chi connectivity index (χ1) is 5.74. The van der Waals surface area contributed by atoms with E-state index in [-0.39, 0.29) is 16.8 Å². The van der Waals surface area contributed by atoms with E-state index in [0.29, 0.717) is 17.8 Å². The Hall–Kier alpha value is -1.07. The summed E-state index contributed by atoms with van der Waals surface area (Å²) < 4.78 is 17.8. The van der Waals surface area contributed by atoms with E-state index in [1.54, 1.807) is 6.07 Å². The van der Waals surface area contributed by atoms with Gasteiger partial charge in [-0.15, -0.1) is 0 Å². The Morgan fingerprint density at radius 1 is 1.36 bits per heavy atom. The van der Waals surface area contributed by atoms with Crippen molar-refractivity contribution in [2.45, 2.75) is 13.3 Å². The number of halogens is 1. The van der Waals surface area contributed by atoms with Crippen LogP contribution in [0, 0.1) is 5.82 Å². The third-order valence-electron chi connectivity index (χ3n) is 1.43. The zero-order valence-electron chi connectivity index (χ0n) is 7.90. The van der Waals surface area contributed by atoms with E-state index in [1.165, 1.54) is 12.1 Å². The molecule has 0 unspecified atom stereocenters. The first-order valence-corrected chi connectivity index (χ1v) is 3.92. The summed E-state index contributed by atoms with van der Waals surface area (Å²) in [7, 11) is 5.50. The third kappa shape index (κ3) is 4.25. The van der Waals surface area contributed by atoms with Gasteiger partial charge >= 0.3 is 72.2 Å². The molecule has 0 fully saturated rings. The van der Waals surface area contributed by atoms with Crippen LogP contribution in [0.3, 0.4) is 0 Å². The Labute approximate surface area is 83.9 Å². The van der Waals surface area contributed by atoms with Gasteiger partial charge in [0.25, 0.3) is 0 Å². The van der Waals surface area contributed by atoms with Crippen LogP contribution in [0.25, 0.3) is 0 Å². The molecule has 0 bridgehead atoms. The summed E-state index contributed by atoms with van der Waals surface area (Å²) in [5.41, 5.74) is 0.350. The maximum absolute atomic E-state index is 12.5. The van der Waals surface area contributed by atoms with E-state index in [9.17, 15) is 4.39 Å². The minimum absolute atomic E-state index is 0. The van der Waals surface area contributed by atoms with Gasteiger partial charge in [-0.05, 0) is 0 Å². The van der Waals surface area contributed by atoms with Crippen molar-refractivity contribution in [3.63, 3.8) is 0 Å². The smallest absolute Gasteiger partial charge is 0.870 e. The molecule has 0 aromatic heterocycles. The van der Waals surface area contributed by atoms with E-state index in [4.69, 9.17) is 12.6 Å². The summed E-state index contributed by atoms with van der Waals surface area (Å²) in [6, 6.07) is 4.13. The molecule has 76 valence electrons. The second kappa shape index (κ2) is 7.35. The van der Waals surface area contributed by atoms with Crippen molar-refractivity contribution in [1.82, 2.24) is 0 Å². The normalized spacial score (nSPS) is 8.57. The van der Waals surface area contributed by atoms with Gasteiger partial charge in [0.15, 0.2) is 0 Å². The summed E-state index contributed by atoms with van der Waals surface area (Å²) >= 11 is 0. The monoisotopic (exact) mass is 198 g/mol. The SMILES string of the molecule is [B+2]c1cc(F)ccc1OCCC.[OH-].[OH-]. The van der Waals surface area contributed by atoms with Crippen molar-refractivity contribution in [2.24, 2.45) is 0 Å². The summed E-state index contributed by atoms with van der Waals surface area (Å²) in [6.07, 6.45) is 0.914. The number of benzene rings is 1. The summed E-state index contributed by atoms with van der Waals surface area (Å²) in [6.45, 7) is 2.61. The standard InChI is InChI=1S/C9H10BFO.2H2O/c1-2-5-12-9-4-3-7(11)6-8(9)10;;/h3-4,6H,2,5H2,1H3;2*1H2/q+2;;/p-2. The van der Waals surface area contributed by atoms with Gasteiger partial charge in [0.1, 0.15) is 0 Å². The first-order valence-electron chi connectivity index (χ1n) is 3.92. The Kier molecular flexibility index (Phi) is 8.09. The predicted octanol–water partition coefficient (Wildman–Crippen LogP) is 1.05. The second-order valence-corrected chi connectivity index (χ2v) is 2.53. The van der Waals surface area contributed by atoms with Crippen LogP contribution in [0.15, 0.2) is 18.2 Å². The van der Waals surface area contributed by atoms with E-state index >= 15 is 0 Å². The fraction of sp³-hybridized carbons (Fsp3) is 0.333. The average molecular weight is 198 g/mol. The molecule has 0 heterocycles. The molecule has 0 atom stereocenters. The molecular weight excluding hydrogens is 186 g/mol. The quantitative estimate of drug-likeness (QED) is 0.681. The van der Waals surface area contributed by atoms with E-state index in [0.717, 1.165) is 6.42 Å². The Bertz CT molecular complexity index is 268. The molecule has 0 saturated carbocycles. The van der Waals surface area contributed by atoms with Crippen molar-refractivity contribution >= 4 is 13.3 Å². The van der Waals surface area contributed by atoms with Gasteiger partial charge in [0, 0.05) is 0 Å². The molecule has 0 saturated heterocycles. The van der Waals surface area contributed by atoms with Gasteiger partial charge < -0.3 is 11.0 Å². The zero-order valence-corrected chi connectivity index (χ0v) is 7.90. The Morgan fingerprint density at radius 2 is 2.00 bits per heavy atom. The minimum Gasteiger partial charge on any atom is -0.870 e. The number of ether oxygens (including phenoxy) is 1. The van der Waals surface area contributed by atoms with Crippen LogP contribution in [-0.4, -0.2) is 25.4 Å². The molecule has 1 rings (SSSR count). The first kappa shape index (κ1) is 15.4. The van der Waals surface area contributed by atoms with E-state index in [2.05, 4.69) is 0 Å². The average Bonchev–Trinajstić information content (AvgIpc) is 2.03. The molecule has 0 radical (unpaired) electrons. The van der Waals surface area contributed by atoms with Gasteiger partial charge in [0.05, 0.1) is 0 Å². The zero-order chi connectivity index (χ0) is 8.97. The van der Waals surface area contributed by atoms with Crippen LogP contribution in [-0.2, 0) is 0 Å². The minimum atomic E-state index is -0.337. The van der Waals surface area contributed by atoms with Gasteiger partial charge in [-0.3, -0.25) is 0 Å².